The molecule has 3 nitrogen and oxygen atoms in total. The topological polar surface area (TPSA) is 37.4 Å². The minimum atomic E-state index is -0.541. The number of hydrogen-bond donors (Lipinski definition) is 0. The smallest absolute Gasteiger partial charge is 0.235 e. The van der Waals surface area contributed by atoms with Crippen LogP contribution in [0.1, 0.15) is 25.8 Å². The van der Waals surface area contributed by atoms with Crippen LogP contribution in [-0.4, -0.2) is 16.7 Å². The number of nitrogens with zero attached hydrogens (tertiary/aromatic N) is 1. The first-order valence-corrected chi connectivity index (χ1v) is 6.57. The molecule has 90 valence electrons. The summed E-state index contributed by atoms with van der Waals surface area (Å²) in [5.41, 5.74) is 0.449. The maximum absolute atomic E-state index is 12.0. The van der Waals surface area contributed by atoms with Gasteiger partial charge in [0, 0.05) is 9.99 Å². The second-order valence-electron chi connectivity index (χ2n) is 4.97. The SMILES string of the molecule is CC1(C)CC(=O)N(Cc2ccc(I)cc2)C1=O. The number of halogens is 1. The van der Waals surface area contributed by atoms with Crippen LogP contribution in [0.2, 0.25) is 0 Å². The maximum Gasteiger partial charge on any atom is 0.235 e. The van der Waals surface area contributed by atoms with Crippen molar-refractivity contribution in [3.05, 3.63) is 33.4 Å². The number of imide groups is 1. The van der Waals surface area contributed by atoms with Gasteiger partial charge in [-0.05, 0) is 40.3 Å². The van der Waals surface area contributed by atoms with Gasteiger partial charge in [0.2, 0.25) is 11.8 Å². The van der Waals surface area contributed by atoms with E-state index in [-0.39, 0.29) is 11.8 Å². The monoisotopic (exact) mass is 343 g/mol. The summed E-state index contributed by atoms with van der Waals surface area (Å²) in [5, 5.41) is 0. The summed E-state index contributed by atoms with van der Waals surface area (Å²) in [6.45, 7) is 4.03. The average molecular weight is 343 g/mol. The van der Waals surface area contributed by atoms with Crippen LogP contribution in [0, 0.1) is 8.99 Å². The van der Waals surface area contributed by atoms with Crippen LogP contribution < -0.4 is 0 Å². The lowest BCUT2D eigenvalue weighted by Gasteiger charge is -2.17. The molecule has 1 fully saturated rings. The molecular formula is C13H14INO2. The van der Waals surface area contributed by atoms with Gasteiger partial charge in [0.15, 0.2) is 0 Å². The van der Waals surface area contributed by atoms with Crippen LogP contribution in [0.4, 0.5) is 0 Å². The van der Waals surface area contributed by atoms with E-state index in [0.29, 0.717) is 13.0 Å². The van der Waals surface area contributed by atoms with Crippen LogP contribution in [-0.2, 0) is 16.1 Å². The molecule has 0 N–H and O–H groups in total. The minimum Gasteiger partial charge on any atom is -0.278 e. The standard InChI is InChI=1S/C13H14INO2/c1-13(2)7-11(16)15(12(13)17)8-9-3-5-10(14)6-4-9/h3-6H,7-8H2,1-2H3. The summed E-state index contributed by atoms with van der Waals surface area (Å²) in [6.07, 6.45) is 0.316. The van der Waals surface area contributed by atoms with Crippen molar-refractivity contribution in [1.29, 1.82) is 0 Å². The Morgan fingerprint density at radius 3 is 2.29 bits per heavy atom. The lowest BCUT2D eigenvalue weighted by Crippen LogP contribution is -2.32. The third kappa shape index (κ3) is 2.51. The average Bonchev–Trinajstić information content (AvgIpc) is 2.44. The van der Waals surface area contributed by atoms with Crippen molar-refractivity contribution in [2.75, 3.05) is 0 Å². The fourth-order valence-electron chi connectivity index (χ4n) is 1.96. The molecule has 0 aliphatic carbocycles. The van der Waals surface area contributed by atoms with Gasteiger partial charge in [0.05, 0.1) is 12.0 Å². The van der Waals surface area contributed by atoms with Crippen molar-refractivity contribution < 1.29 is 9.59 Å². The van der Waals surface area contributed by atoms with Crippen molar-refractivity contribution in [3.63, 3.8) is 0 Å². The van der Waals surface area contributed by atoms with E-state index in [1.54, 1.807) is 0 Å². The summed E-state index contributed by atoms with van der Waals surface area (Å²) in [7, 11) is 0. The molecule has 1 heterocycles. The molecule has 17 heavy (non-hydrogen) atoms. The van der Waals surface area contributed by atoms with Gasteiger partial charge < -0.3 is 0 Å². The zero-order chi connectivity index (χ0) is 12.6. The van der Waals surface area contributed by atoms with Crippen LogP contribution in [0.15, 0.2) is 24.3 Å². The van der Waals surface area contributed by atoms with Gasteiger partial charge in [-0.15, -0.1) is 0 Å². The van der Waals surface area contributed by atoms with Gasteiger partial charge in [-0.2, -0.15) is 0 Å². The van der Waals surface area contributed by atoms with E-state index in [4.69, 9.17) is 0 Å². The fourth-order valence-corrected chi connectivity index (χ4v) is 2.32. The molecule has 1 aromatic carbocycles. The van der Waals surface area contributed by atoms with Crippen molar-refractivity contribution in [2.45, 2.75) is 26.8 Å². The van der Waals surface area contributed by atoms with Gasteiger partial charge in [0.25, 0.3) is 0 Å². The largest absolute Gasteiger partial charge is 0.278 e. The Hall–Kier alpha value is -0.910. The van der Waals surface area contributed by atoms with Crippen LogP contribution in [0.5, 0.6) is 0 Å². The molecule has 0 radical (unpaired) electrons. The molecule has 1 aliphatic heterocycles. The molecule has 0 aromatic heterocycles. The third-order valence-corrected chi connectivity index (χ3v) is 3.69. The fraction of sp³-hybridized carbons (Fsp3) is 0.385. The number of amides is 2. The van der Waals surface area contributed by atoms with Gasteiger partial charge in [-0.1, -0.05) is 26.0 Å². The maximum atomic E-state index is 12.0. The van der Waals surface area contributed by atoms with Crippen LogP contribution in [0.25, 0.3) is 0 Å². The number of benzene rings is 1. The number of carbonyl (C=O) groups is 2. The van der Waals surface area contributed by atoms with Gasteiger partial charge in [0.1, 0.15) is 0 Å². The molecule has 0 unspecified atom stereocenters. The predicted octanol–water partition coefficient (Wildman–Crippen LogP) is 2.58. The Labute approximate surface area is 114 Å². The summed E-state index contributed by atoms with van der Waals surface area (Å²) in [6, 6.07) is 7.86. The normalized spacial score (nSPS) is 18.9. The van der Waals surface area contributed by atoms with E-state index in [1.165, 1.54) is 4.90 Å². The number of hydrogen-bond acceptors (Lipinski definition) is 2. The Bertz CT molecular complexity index is 465. The van der Waals surface area contributed by atoms with E-state index >= 15 is 0 Å². The van der Waals surface area contributed by atoms with Crippen molar-refractivity contribution >= 4 is 34.4 Å². The molecule has 4 heteroatoms. The van der Waals surface area contributed by atoms with E-state index in [0.717, 1.165) is 9.13 Å². The van der Waals surface area contributed by atoms with Gasteiger partial charge in [-0.25, -0.2) is 0 Å². The Kier molecular flexibility index (Phi) is 3.25. The van der Waals surface area contributed by atoms with E-state index in [9.17, 15) is 9.59 Å². The number of rotatable bonds is 2. The molecular weight excluding hydrogens is 329 g/mol. The quantitative estimate of drug-likeness (QED) is 0.611. The highest BCUT2D eigenvalue weighted by atomic mass is 127. The second kappa shape index (κ2) is 4.40. The zero-order valence-electron chi connectivity index (χ0n) is 9.87. The van der Waals surface area contributed by atoms with E-state index in [1.807, 2.05) is 38.1 Å². The molecule has 2 rings (SSSR count). The number of carbonyl (C=O) groups excluding carboxylic acids is 2. The number of likely N-dealkylation sites (tertiary alicyclic amines) is 1. The first-order valence-electron chi connectivity index (χ1n) is 5.49. The lowest BCUT2D eigenvalue weighted by atomic mass is 9.92. The molecule has 0 atom stereocenters. The Balaban J connectivity index is 2.17. The summed E-state index contributed by atoms with van der Waals surface area (Å²) >= 11 is 2.23. The third-order valence-electron chi connectivity index (χ3n) is 2.97. The van der Waals surface area contributed by atoms with Crippen molar-refractivity contribution in [3.8, 4) is 0 Å². The highest BCUT2D eigenvalue weighted by molar-refractivity contribution is 14.1. The summed E-state index contributed by atoms with van der Waals surface area (Å²) < 4.78 is 1.14. The molecule has 0 spiro atoms. The highest BCUT2D eigenvalue weighted by Crippen LogP contribution is 2.32. The summed E-state index contributed by atoms with van der Waals surface area (Å²) in [4.78, 5) is 25.2. The predicted molar refractivity (Wildman–Crippen MR) is 73.1 cm³/mol. The molecule has 0 bridgehead atoms. The second-order valence-corrected chi connectivity index (χ2v) is 6.22. The van der Waals surface area contributed by atoms with Crippen molar-refractivity contribution in [2.24, 2.45) is 5.41 Å². The van der Waals surface area contributed by atoms with Gasteiger partial charge in [-0.3, -0.25) is 14.5 Å². The molecule has 0 saturated carbocycles. The van der Waals surface area contributed by atoms with Crippen LogP contribution in [0.3, 0.4) is 0 Å². The van der Waals surface area contributed by atoms with E-state index < -0.39 is 5.41 Å². The lowest BCUT2D eigenvalue weighted by molar-refractivity contribution is -0.141. The first-order chi connectivity index (χ1) is 7.90. The molecule has 2 amide bonds. The highest BCUT2D eigenvalue weighted by Gasteiger charge is 2.44. The molecule has 1 aromatic rings. The molecule has 1 saturated heterocycles. The Morgan fingerprint density at radius 2 is 1.82 bits per heavy atom. The Morgan fingerprint density at radius 1 is 1.24 bits per heavy atom. The van der Waals surface area contributed by atoms with E-state index in [2.05, 4.69) is 22.6 Å². The van der Waals surface area contributed by atoms with Gasteiger partial charge >= 0.3 is 0 Å². The zero-order valence-corrected chi connectivity index (χ0v) is 12.0. The van der Waals surface area contributed by atoms with Crippen molar-refractivity contribution in [1.82, 2.24) is 4.90 Å². The first kappa shape index (κ1) is 12.5. The summed E-state index contributed by atoms with van der Waals surface area (Å²) in [5.74, 6) is -0.139. The van der Waals surface area contributed by atoms with Crippen LogP contribution >= 0.6 is 22.6 Å². The minimum absolute atomic E-state index is 0.0685. The molecule has 1 aliphatic rings.